The fourth-order valence-electron chi connectivity index (χ4n) is 0.964. The number of hydrogen-bond acceptors (Lipinski definition) is 1. The molecule has 0 bridgehead atoms. The summed E-state index contributed by atoms with van der Waals surface area (Å²) in [6, 6.07) is 12.1. The van der Waals surface area contributed by atoms with Gasteiger partial charge in [-0.3, -0.25) is 0 Å². The lowest BCUT2D eigenvalue weighted by Crippen LogP contribution is -1.75. The molecule has 0 saturated carbocycles. The molecule has 0 aliphatic carbocycles. The van der Waals surface area contributed by atoms with E-state index in [0.29, 0.717) is 0 Å². The Morgan fingerprint density at radius 2 is 2.08 bits per heavy atom. The molecule has 0 amide bonds. The van der Waals surface area contributed by atoms with Gasteiger partial charge in [0.25, 0.3) is 0 Å². The lowest BCUT2D eigenvalue weighted by atomic mass is 10.1. The monoisotopic (exact) mass is 157 g/mol. The van der Waals surface area contributed by atoms with Gasteiger partial charge < -0.3 is 0 Å². The van der Waals surface area contributed by atoms with Crippen LogP contribution in [0, 0.1) is 11.3 Å². The molecule has 1 heteroatoms. The first-order valence-electron chi connectivity index (χ1n) is 4.02. The molecular formula is C11H11N. The molecule has 0 saturated heterocycles. The third-order valence-corrected chi connectivity index (χ3v) is 1.66. The van der Waals surface area contributed by atoms with Gasteiger partial charge >= 0.3 is 0 Å². The number of benzene rings is 1. The average Bonchev–Trinajstić information content (AvgIpc) is 2.16. The SMILES string of the molecule is CC/C(C#N)=C/c1ccccc1. The highest BCUT2D eigenvalue weighted by Crippen LogP contribution is 2.07. The van der Waals surface area contributed by atoms with E-state index < -0.39 is 0 Å². The number of rotatable bonds is 2. The van der Waals surface area contributed by atoms with Crippen molar-refractivity contribution in [2.24, 2.45) is 0 Å². The lowest BCUT2D eigenvalue weighted by molar-refractivity contribution is 1.16. The number of hydrogen-bond donors (Lipinski definition) is 0. The lowest BCUT2D eigenvalue weighted by Gasteiger charge is -1.93. The van der Waals surface area contributed by atoms with Gasteiger partial charge in [-0.1, -0.05) is 37.3 Å². The predicted molar refractivity (Wildman–Crippen MR) is 50.3 cm³/mol. The minimum absolute atomic E-state index is 0.797. The van der Waals surface area contributed by atoms with Crippen molar-refractivity contribution in [1.29, 1.82) is 5.26 Å². The summed E-state index contributed by atoms with van der Waals surface area (Å²) in [6.07, 6.45) is 2.71. The number of allylic oxidation sites excluding steroid dienone is 1. The second-order valence-electron chi connectivity index (χ2n) is 2.55. The Hall–Kier alpha value is -1.55. The van der Waals surface area contributed by atoms with Crippen LogP contribution in [0.25, 0.3) is 6.08 Å². The summed E-state index contributed by atoms with van der Waals surface area (Å²) in [7, 11) is 0. The van der Waals surface area contributed by atoms with Crippen LogP contribution in [0.15, 0.2) is 35.9 Å². The maximum atomic E-state index is 8.67. The zero-order valence-electron chi connectivity index (χ0n) is 7.12. The Morgan fingerprint density at radius 3 is 2.58 bits per heavy atom. The Labute approximate surface area is 73.0 Å². The van der Waals surface area contributed by atoms with Gasteiger partial charge in [0.05, 0.1) is 6.07 Å². The molecule has 0 heterocycles. The van der Waals surface area contributed by atoms with Gasteiger partial charge in [0, 0.05) is 5.57 Å². The molecule has 0 atom stereocenters. The van der Waals surface area contributed by atoms with Gasteiger partial charge in [0.15, 0.2) is 0 Å². The van der Waals surface area contributed by atoms with Crippen LogP contribution in [0.4, 0.5) is 0 Å². The highest BCUT2D eigenvalue weighted by molar-refractivity contribution is 5.56. The predicted octanol–water partition coefficient (Wildman–Crippen LogP) is 3.00. The van der Waals surface area contributed by atoms with Crippen LogP contribution in [-0.4, -0.2) is 0 Å². The van der Waals surface area contributed by atoms with Crippen molar-refractivity contribution < 1.29 is 0 Å². The maximum Gasteiger partial charge on any atom is 0.0947 e. The van der Waals surface area contributed by atoms with Crippen LogP contribution >= 0.6 is 0 Å². The van der Waals surface area contributed by atoms with Crippen molar-refractivity contribution in [1.82, 2.24) is 0 Å². The van der Waals surface area contributed by atoms with Crippen molar-refractivity contribution >= 4 is 6.08 Å². The molecule has 0 aliphatic rings. The summed E-state index contributed by atoms with van der Waals surface area (Å²) in [5.74, 6) is 0. The highest BCUT2D eigenvalue weighted by Gasteiger charge is 1.90. The average molecular weight is 157 g/mol. The standard InChI is InChI=1S/C11H11N/c1-2-10(9-12)8-11-6-4-3-5-7-11/h3-8H,2H2,1H3/b10-8-. The third-order valence-electron chi connectivity index (χ3n) is 1.66. The van der Waals surface area contributed by atoms with E-state index in [1.54, 1.807) is 0 Å². The zero-order valence-corrected chi connectivity index (χ0v) is 7.12. The fourth-order valence-corrected chi connectivity index (χ4v) is 0.964. The molecule has 1 aromatic rings. The van der Waals surface area contributed by atoms with Crippen LogP contribution in [0.5, 0.6) is 0 Å². The van der Waals surface area contributed by atoms with Crippen LogP contribution in [0.2, 0.25) is 0 Å². The largest absolute Gasteiger partial charge is 0.193 e. The molecule has 0 unspecified atom stereocenters. The normalized spacial score (nSPS) is 10.8. The highest BCUT2D eigenvalue weighted by atomic mass is 14.2. The van der Waals surface area contributed by atoms with Gasteiger partial charge in [-0.05, 0) is 18.1 Å². The first-order chi connectivity index (χ1) is 5.86. The van der Waals surface area contributed by atoms with Crippen LogP contribution in [0.3, 0.4) is 0 Å². The molecule has 1 nitrogen and oxygen atoms in total. The van der Waals surface area contributed by atoms with E-state index in [-0.39, 0.29) is 0 Å². The zero-order chi connectivity index (χ0) is 8.81. The molecule has 12 heavy (non-hydrogen) atoms. The Kier molecular flexibility index (Phi) is 3.10. The third kappa shape index (κ3) is 2.25. The number of nitrogens with zero attached hydrogens (tertiary/aromatic N) is 1. The Bertz CT molecular complexity index is 304. The second-order valence-corrected chi connectivity index (χ2v) is 2.55. The van der Waals surface area contributed by atoms with Crippen molar-refractivity contribution in [3.63, 3.8) is 0 Å². The molecule has 0 spiro atoms. The van der Waals surface area contributed by atoms with Crippen LogP contribution in [0.1, 0.15) is 18.9 Å². The minimum Gasteiger partial charge on any atom is -0.193 e. The van der Waals surface area contributed by atoms with Crippen molar-refractivity contribution in [2.75, 3.05) is 0 Å². The molecule has 0 N–H and O–H groups in total. The molecule has 1 rings (SSSR count). The minimum atomic E-state index is 0.797. The first kappa shape index (κ1) is 8.55. The smallest absolute Gasteiger partial charge is 0.0947 e. The van der Waals surface area contributed by atoms with E-state index >= 15 is 0 Å². The molecule has 1 aromatic carbocycles. The van der Waals surface area contributed by atoms with E-state index in [1.165, 1.54) is 0 Å². The Balaban J connectivity index is 2.88. The van der Waals surface area contributed by atoms with E-state index in [1.807, 2.05) is 43.3 Å². The van der Waals surface area contributed by atoms with Crippen LogP contribution in [-0.2, 0) is 0 Å². The topological polar surface area (TPSA) is 23.8 Å². The summed E-state index contributed by atoms with van der Waals surface area (Å²) in [5, 5.41) is 8.67. The molecule has 0 radical (unpaired) electrons. The maximum absolute atomic E-state index is 8.67. The van der Waals surface area contributed by atoms with Crippen LogP contribution < -0.4 is 0 Å². The molecule has 0 aromatic heterocycles. The van der Waals surface area contributed by atoms with Gasteiger partial charge in [-0.25, -0.2) is 0 Å². The van der Waals surface area contributed by atoms with Crippen molar-refractivity contribution in [3.05, 3.63) is 41.5 Å². The van der Waals surface area contributed by atoms with E-state index in [9.17, 15) is 0 Å². The first-order valence-corrected chi connectivity index (χ1v) is 4.02. The summed E-state index contributed by atoms with van der Waals surface area (Å²) < 4.78 is 0. The van der Waals surface area contributed by atoms with Gasteiger partial charge in [0.1, 0.15) is 0 Å². The van der Waals surface area contributed by atoms with E-state index in [2.05, 4.69) is 6.07 Å². The molecule has 0 fully saturated rings. The second kappa shape index (κ2) is 4.35. The Morgan fingerprint density at radius 1 is 1.42 bits per heavy atom. The summed E-state index contributed by atoms with van der Waals surface area (Å²) in [5.41, 5.74) is 1.91. The van der Waals surface area contributed by atoms with Crippen molar-refractivity contribution in [3.8, 4) is 6.07 Å². The van der Waals surface area contributed by atoms with Gasteiger partial charge in [-0.15, -0.1) is 0 Å². The fraction of sp³-hybridized carbons (Fsp3) is 0.182. The summed E-state index contributed by atoms with van der Waals surface area (Å²) >= 11 is 0. The quantitative estimate of drug-likeness (QED) is 0.605. The molecule has 60 valence electrons. The molecule has 0 aliphatic heterocycles. The number of nitriles is 1. The summed E-state index contributed by atoms with van der Waals surface area (Å²) in [4.78, 5) is 0. The van der Waals surface area contributed by atoms with Gasteiger partial charge in [-0.2, -0.15) is 5.26 Å². The molecular weight excluding hydrogens is 146 g/mol. The van der Waals surface area contributed by atoms with Gasteiger partial charge in [0.2, 0.25) is 0 Å². The van der Waals surface area contributed by atoms with Crippen molar-refractivity contribution in [2.45, 2.75) is 13.3 Å². The summed E-state index contributed by atoms with van der Waals surface area (Å²) in [6.45, 7) is 1.98. The van der Waals surface area contributed by atoms with E-state index in [0.717, 1.165) is 17.6 Å². The van der Waals surface area contributed by atoms with E-state index in [4.69, 9.17) is 5.26 Å².